The van der Waals surface area contributed by atoms with Crippen molar-refractivity contribution in [1.29, 1.82) is 0 Å². The molecular weight excluding hydrogens is 412 g/mol. The summed E-state index contributed by atoms with van der Waals surface area (Å²) in [5.74, 6) is 4.25. The SMILES string of the molecule is CCSc1nnc(-c2ccco2)n1/N=C\c1ccc(COc2ccc3c(c2)CCC3)o1. The number of furan rings is 2. The molecule has 0 saturated heterocycles. The second-order valence-electron chi connectivity index (χ2n) is 7.15. The second-order valence-corrected chi connectivity index (χ2v) is 8.38. The first-order valence-corrected chi connectivity index (χ1v) is 11.3. The average Bonchev–Trinajstić information content (AvgIpc) is 3.58. The van der Waals surface area contributed by atoms with Crippen molar-refractivity contribution in [1.82, 2.24) is 14.9 Å². The van der Waals surface area contributed by atoms with Gasteiger partial charge in [0.15, 0.2) is 5.76 Å². The molecule has 1 aliphatic rings. The van der Waals surface area contributed by atoms with Crippen LogP contribution >= 0.6 is 11.8 Å². The molecule has 0 saturated carbocycles. The fourth-order valence-electron chi connectivity index (χ4n) is 3.60. The van der Waals surface area contributed by atoms with Crippen molar-refractivity contribution in [2.24, 2.45) is 5.10 Å². The molecule has 0 amide bonds. The topological polar surface area (TPSA) is 78.6 Å². The lowest BCUT2D eigenvalue weighted by atomic mass is 10.1. The molecule has 7 nitrogen and oxygen atoms in total. The Morgan fingerprint density at radius 3 is 2.97 bits per heavy atom. The molecule has 0 aliphatic heterocycles. The number of nitrogens with zero attached hydrogens (tertiary/aromatic N) is 4. The maximum atomic E-state index is 5.92. The molecule has 1 aromatic carbocycles. The second kappa shape index (κ2) is 8.85. The Balaban J connectivity index is 1.29. The minimum absolute atomic E-state index is 0.369. The standard InChI is InChI=1S/C23H22N4O3S/c1-2-31-23-26-25-22(21-7-4-12-28-21)27(23)24-14-19-10-11-20(30-19)15-29-18-9-8-16-5-3-6-17(16)13-18/h4,7-14H,2-3,5-6,15H2,1H3/b24-14-. The van der Waals surface area contributed by atoms with Gasteiger partial charge in [-0.1, -0.05) is 24.8 Å². The molecule has 0 fully saturated rings. The molecule has 5 rings (SSSR count). The van der Waals surface area contributed by atoms with Gasteiger partial charge in [0.05, 0.1) is 12.5 Å². The number of rotatable bonds is 8. The number of aromatic nitrogens is 3. The van der Waals surface area contributed by atoms with Gasteiger partial charge >= 0.3 is 0 Å². The van der Waals surface area contributed by atoms with Crippen LogP contribution in [0.1, 0.15) is 36.0 Å². The van der Waals surface area contributed by atoms with Crippen molar-refractivity contribution in [2.75, 3.05) is 5.75 Å². The van der Waals surface area contributed by atoms with Gasteiger partial charge in [0.25, 0.3) is 0 Å². The summed E-state index contributed by atoms with van der Waals surface area (Å²) >= 11 is 1.56. The van der Waals surface area contributed by atoms with Crippen LogP contribution in [0.2, 0.25) is 0 Å². The Morgan fingerprint density at radius 2 is 2.10 bits per heavy atom. The minimum Gasteiger partial charge on any atom is -0.486 e. The number of benzene rings is 1. The molecule has 8 heteroatoms. The summed E-state index contributed by atoms with van der Waals surface area (Å²) in [6, 6.07) is 13.7. The van der Waals surface area contributed by atoms with Gasteiger partial charge in [-0.3, -0.25) is 0 Å². The van der Waals surface area contributed by atoms with E-state index in [1.54, 1.807) is 28.9 Å². The Bertz CT molecular complexity index is 1190. The molecule has 0 atom stereocenters. The quantitative estimate of drug-likeness (QED) is 0.280. The van der Waals surface area contributed by atoms with Crippen LogP contribution in [0.3, 0.4) is 0 Å². The lowest BCUT2D eigenvalue weighted by molar-refractivity contribution is 0.269. The predicted octanol–water partition coefficient (Wildman–Crippen LogP) is 5.19. The van der Waals surface area contributed by atoms with Crippen LogP contribution < -0.4 is 4.74 Å². The molecule has 1 aliphatic carbocycles. The van der Waals surface area contributed by atoms with Crippen LogP contribution in [0.4, 0.5) is 0 Å². The maximum Gasteiger partial charge on any atom is 0.221 e. The fraction of sp³-hybridized carbons (Fsp3) is 0.261. The molecule has 31 heavy (non-hydrogen) atoms. The zero-order chi connectivity index (χ0) is 21.0. The number of aryl methyl sites for hydroxylation is 2. The van der Waals surface area contributed by atoms with Crippen molar-refractivity contribution in [3.8, 4) is 17.3 Å². The van der Waals surface area contributed by atoms with E-state index in [-0.39, 0.29) is 0 Å². The van der Waals surface area contributed by atoms with E-state index in [2.05, 4.69) is 34.4 Å². The lowest BCUT2D eigenvalue weighted by Crippen LogP contribution is -1.96. The molecule has 3 aromatic heterocycles. The van der Waals surface area contributed by atoms with Gasteiger partial charge in [0.2, 0.25) is 11.0 Å². The van der Waals surface area contributed by atoms with Gasteiger partial charge in [0.1, 0.15) is 23.9 Å². The number of hydrogen-bond donors (Lipinski definition) is 0. The van der Waals surface area contributed by atoms with E-state index in [4.69, 9.17) is 13.6 Å². The van der Waals surface area contributed by atoms with E-state index in [1.165, 1.54) is 24.0 Å². The van der Waals surface area contributed by atoms with Crippen LogP contribution in [-0.2, 0) is 19.4 Å². The van der Waals surface area contributed by atoms with Crippen molar-refractivity contribution in [3.63, 3.8) is 0 Å². The third-order valence-corrected chi connectivity index (χ3v) is 5.86. The molecule has 0 unspecified atom stereocenters. The molecule has 0 bridgehead atoms. The highest BCUT2D eigenvalue weighted by molar-refractivity contribution is 7.99. The first-order chi connectivity index (χ1) is 15.3. The smallest absolute Gasteiger partial charge is 0.221 e. The zero-order valence-corrected chi connectivity index (χ0v) is 18.0. The summed E-state index contributed by atoms with van der Waals surface area (Å²) in [4.78, 5) is 0. The van der Waals surface area contributed by atoms with Gasteiger partial charge < -0.3 is 13.6 Å². The number of thioether (sulfide) groups is 1. The van der Waals surface area contributed by atoms with E-state index in [1.807, 2.05) is 30.3 Å². The molecular formula is C23H22N4O3S. The van der Waals surface area contributed by atoms with Crippen LogP contribution in [0.5, 0.6) is 5.75 Å². The highest BCUT2D eigenvalue weighted by atomic mass is 32.2. The van der Waals surface area contributed by atoms with Gasteiger partial charge in [-0.25, -0.2) is 0 Å². The van der Waals surface area contributed by atoms with Gasteiger partial charge in [-0.15, -0.1) is 10.2 Å². The highest BCUT2D eigenvalue weighted by Gasteiger charge is 2.16. The summed E-state index contributed by atoms with van der Waals surface area (Å²) in [6.07, 6.45) is 6.78. The van der Waals surface area contributed by atoms with Crippen LogP contribution in [-0.4, -0.2) is 26.8 Å². The van der Waals surface area contributed by atoms with E-state index in [0.29, 0.717) is 29.1 Å². The molecule has 4 aromatic rings. The normalized spacial score (nSPS) is 13.2. The summed E-state index contributed by atoms with van der Waals surface area (Å²) in [6.45, 7) is 2.42. The fourth-order valence-corrected chi connectivity index (χ4v) is 4.21. The zero-order valence-electron chi connectivity index (χ0n) is 17.2. The van der Waals surface area contributed by atoms with E-state index < -0.39 is 0 Å². The molecule has 0 N–H and O–H groups in total. The number of fused-ring (bicyclic) bond motifs is 1. The van der Waals surface area contributed by atoms with Crippen molar-refractivity contribution in [2.45, 2.75) is 37.9 Å². The summed E-state index contributed by atoms with van der Waals surface area (Å²) in [5.41, 5.74) is 2.83. The van der Waals surface area contributed by atoms with Gasteiger partial charge in [-0.05, 0) is 72.5 Å². The maximum absolute atomic E-state index is 5.92. The lowest BCUT2D eigenvalue weighted by Gasteiger charge is -2.06. The van der Waals surface area contributed by atoms with E-state index in [0.717, 1.165) is 23.7 Å². The third kappa shape index (κ3) is 4.29. The Morgan fingerprint density at radius 1 is 1.16 bits per heavy atom. The van der Waals surface area contributed by atoms with Crippen LogP contribution in [0.15, 0.2) is 67.8 Å². The van der Waals surface area contributed by atoms with Gasteiger partial charge in [0, 0.05) is 0 Å². The highest BCUT2D eigenvalue weighted by Crippen LogP contribution is 2.27. The molecule has 0 spiro atoms. The Hall–Kier alpha value is -3.26. The van der Waals surface area contributed by atoms with Gasteiger partial charge in [-0.2, -0.15) is 9.78 Å². The summed E-state index contributed by atoms with van der Waals surface area (Å²) in [7, 11) is 0. The first-order valence-electron chi connectivity index (χ1n) is 10.3. The molecule has 158 valence electrons. The molecule has 3 heterocycles. The number of hydrogen-bond acceptors (Lipinski definition) is 7. The Labute approximate surface area is 184 Å². The average molecular weight is 435 g/mol. The van der Waals surface area contributed by atoms with Crippen LogP contribution in [0, 0.1) is 0 Å². The monoisotopic (exact) mass is 434 g/mol. The van der Waals surface area contributed by atoms with E-state index >= 15 is 0 Å². The summed E-state index contributed by atoms with van der Waals surface area (Å²) in [5, 5.41) is 13.7. The molecule has 0 radical (unpaired) electrons. The van der Waals surface area contributed by atoms with Crippen molar-refractivity contribution < 1.29 is 13.6 Å². The summed E-state index contributed by atoms with van der Waals surface area (Å²) < 4.78 is 18.9. The first kappa shape index (κ1) is 19.7. The van der Waals surface area contributed by atoms with E-state index in [9.17, 15) is 0 Å². The van der Waals surface area contributed by atoms with Crippen molar-refractivity contribution in [3.05, 3.63) is 71.4 Å². The third-order valence-electron chi connectivity index (χ3n) is 5.06. The van der Waals surface area contributed by atoms with Crippen molar-refractivity contribution >= 4 is 18.0 Å². The van der Waals surface area contributed by atoms with Crippen LogP contribution in [0.25, 0.3) is 11.6 Å². The number of ether oxygens (including phenoxy) is 1. The Kier molecular flexibility index (Phi) is 5.62. The predicted molar refractivity (Wildman–Crippen MR) is 119 cm³/mol. The minimum atomic E-state index is 0.369. The largest absolute Gasteiger partial charge is 0.486 e.